The number of hydrogen-bond acceptors (Lipinski definition) is 6. The lowest BCUT2D eigenvalue weighted by Crippen LogP contribution is -2.30. The van der Waals surface area contributed by atoms with Gasteiger partial charge in [-0.1, -0.05) is 313 Å². The van der Waals surface area contributed by atoms with Gasteiger partial charge in [0, 0.05) is 19.3 Å². The van der Waals surface area contributed by atoms with E-state index in [1.54, 1.807) is 0 Å². The zero-order chi connectivity index (χ0) is 56.4. The Kier molecular flexibility index (Phi) is 64.2. The lowest BCUT2D eigenvalue weighted by atomic mass is 10.0. The maximum absolute atomic E-state index is 12.9. The van der Waals surface area contributed by atoms with Gasteiger partial charge in [0.2, 0.25) is 0 Å². The van der Waals surface area contributed by atoms with Crippen molar-refractivity contribution in [2.75, 3.05) is 13.2 Å². The first kappa shape index (κ1) is 75.1. The van der Waals surface area contributed by atoms with E-state index in [9.17, 15) is 14.4 Å². The van der Waals surface area contributed by atoms with Gasteiger partial charge in [0.25, 0.3) is 0 Å². The predicted octanol–water partition coefficient (Wildman–Crippen LogP) is 23.5. The van der Waals surface area contributed by atoms with Crippen molar-refractivity contribution in [2.24, 2.45) is 0 Å². The molecule has 0 saturated heterocycles. The van der Waals surface area contributed by atoms with E-state index in [0.717, 1.165) is 89.9 Å². The smallest absolute Gasteiger partial charge is 0.306 e. The third-order valence-electron chi connectivity index (χ3n) is 15.2. The first-order valence-corrected chi connectivity index (χ1v) is 34.3. The van der Waals surface area contributed by atoms with E-state index in [0.29, 0.717) is 19.3 Å². The van der Waals surface area contributed by atoms with E-state index < -0.39 is 6.10 Å². The molecule has 0 rings (SSSR count). The highest BCUT2D eigenvalue weighted by molar-refractivity contribution is 5.71. The molecular weight excluding hydrogens is 961 g/mol. The Hall–Kier alpha value is -2.89. The largest absolute Gasteiger partial charge is 0.462 e. The van der Waals surface area contributed by atoms with Gasteiger partial charge in [0.15, 0.2) is 6.10 Å². The van der Waals surface area contributed by atoms with Crippen LogP contribution in [0.4, 0.5) is 0 Å². The number of allylic oxidation sites excluding steroid dienone is 10. The molecule has 0 saturated carbocycles. The van der Waals surface area contributed by atoms with Crippen molar-refractivity contribution in [1.29, 1.82) is 0 Å². The summed E-state index contributed by atoms with van der Waals surface area (Å²) in [6.07, 6.45) is 85.2. The van der Waals surface area contributed by atoms with Gasteiger partial charge < -0.3 is 14.2 Å². The number of ether oxygens (including phenoxy) is 3. The van der Waals surface area contributed by atoms with E-state index in [1.165, 1.54) is 231 Å². The lowest BCUT2D eigenvalue weighted by Gasteiger charge is -2.18. The summed E-state index contributed by atoms with van der Waals surface area (Å²) in [5, 5.41) is 0. The fourth-order valence-corrected chi connectivity index (χ4v) is 10.1. The van der Waals surface area contributed by atoms with Crippen LogP contribution in [-0.2, 0) is 28.6 Å². The predicted molar refractivity (Wildman–Crippen MR) is 339 cm³/mol. The maximum atomic E-state index is 12.9. The minimum absolute atomic E-state index is 0.0775. The Labute approximate surface area is 485 Å². The molecule has 0 aromatic rings. The summed E-state index contributed by atoms with van der Waals surface area (Å²) < 4.78 is 17.0. The molecule has 0 spiro atoms. The topological polar surface area (TPSA) is 78.9 Å². The van der Waals surface area contributed by atoms with Crippen molar-refractivity contribution in [3.05, 3.63) is 60.8 Å². The van der Waals surface area contributed by atoms with Crippen LogP contribution in [0.15, 0.2) is 60.8 Å². The molecule has 0 amide bonds. The molecule has 0 aliphatic heterocycles. The molecule has 0 aromatic heterocycles. The van der Waals surface area contributed by atoms with E-state index in [2.05, 4.69) is 81.5 Å². The van der Waals surface area contributed by atoms with Crippen LogP contribution in [-0.4, -0.2) is 37.2 Å². The van der Waals surface area contributed by atoms with Gasteiger partial charge in [-0.3, -0.25) is 14.4 Å². The van der Waals surface area contributed by atoms with Crippen molar-refractivity contribution in [2.45, 2.75) is 367 Å². The second-order valence-corrected chi connectivity index (χ2v) is 23.1. The molecule has 454 valence electrons. The third kappa shape index (κ3) is 63.9. The van der Waals surface area contributed by atoms with Gasteiger partial charge in [-0.25, -0.2) is 0 Å². The Morgan fingerprint density at radius 3 is 0.731 bits per heavy atom. The summed E-state index contributed by atoms with van der Waals surface area (Å²) in [6.45, 7) is 6.66. The number of rotatable bonds is 63. The van der Waals surface area contributed by atoms with Crippen LogP contribution in [0.25, 0.3) is 0 Å². The summed E-state index contributed by atoms with van der Waals surface area (Å²) in [6, 6.07) is 0. The van der Waals surface area contributed by atoms with E-state index in [4.69, 9.17) is 14.2 Å². The molecule has 0 heterocycles. The standard InChI is InChI=1S/C72H130O6/c1-4-7-10-13-16-19-22-25-28-31-33-34-35-36-37-38-40-41-44-47-50-53-56-59-62-65-71(74)77-68-69(67-76-70(73)64-61-58-55-52-49-46-43-30-27-24-21-18-15-12-9-6-3)78-72(75)66-63-60-57-54-51-48-45-42-39-32-29-26-23-20-17-14-11-8-5-2/h21-22,24-25,30-31,33,35-36,43,69H,4-20,23,26-29,32,34,37-42,44-68H2,1-3H3/b24-21-,25-22-,33-31-,36-35-,43-30-. The Bertz CT molecular complexity index is 1390. The molecule has 0 fully saturated rings. The summed E-state index contributed by atoms with van der Waals surface area (Å²) in [5.74, 6) is -0.872. The molecule has 0 N–H and O–H groups in total. The molecule has 1 atom stereocenters. The summed E-state index contributed by atoms with van der Waals surface area (Å²) in [5.41, 5.74) is 0. The minimum atomic E-state index is -0.781. The lowest BCUT2D eigenvalue weighted by molar-refractivity contribution is -0.167. The van der Waals surface area contributed by atoms with E-state index in [-0.39, 0.29) is 31.1 Å². The van der Waals surface area contributed by atoms with Crippen molar-refractivity contribution in [3.8, 4) is 0 Å². The van der Waals surface area contributed by atoms with Crippen LogP contribution in [0.1, 0.15) is 361 Å². The van der Waals surface area contributed by atoms with Crippen molar-refractivity contribution in [3.63, 3.8) is 0 Å². The fourth-order valence-electron chi connectivity index (χ4n) is 10.1. The molecule has 0 bridgehead atoms. The molecule has 0 aliphatic rings. The maximum Gasteiger partial charge on any atom is 0.306 e. The number of carbonyl (C=O) groups excluding carboxylic acids is 3. The SMILES string of the molecule is CCCCCC/C=C\C/C=C\CCCCCCCC(=O)OCC(COC(=O)CCCCCCCCCCCC/C=C\C/C=C\C/C=C\CCCCCCC)OC(=O)CCCCCCCCCCCCCCCCCCCCC. The van der Waals surface area contributed by atoms with Crippen LogP contribution in [0.5, 0.6) is 0 Å². The minimum Gasteiger partial charge on any atom is -0.462 e. The van der Waals surface area contributed by atoms with Crippen LogP contribution in [0.3, 0.4) is 0 Å². The summed E-state index contributed by atoms with van der Waals surface area (Å²) in [4.78, 5) is 38.4. The van der Waals surface area contributed by atoms with Gasteiger partial charge in [-0.2, -0.15) is 0 Å². The molecule has 0 aromatic carbocycles. The molecule has 78 heavy (non-hydrogen) atoms. The first-order chi connectivity index (χ1) is 38.5. The molecule has 6 nitrogen and oxygen atoms in total. The second-order valence-electron chi connectivity index (χ2n) is 23.1. The molecule has 6 heteroatoms. The number of unbranched alkanes of at least 4 members (excludes halogenated alkanes) is 42. The average Bonchev–Trinajstić information content (AvgIpc) is 3.44. The van der Waals surface area contributed by atoms with Crippen molar-refractivity contribution >= 4 is 17.9 Å². The van der Waals surface area contributed by atoms with Crippen LogP contribution in [0.2, 0.25) is 0 Å². The Balaban J connectivity index is 4.33. The van der Waals surface area contributed by atoms with Gasteiger partial charge in [-0.05, 0) is 89.9 Å². The molecule has 0 radical (unpaired) electrons. The quantitative estimate of drug-likeness (QED) is 0.0261. The zero-order valence-corrected chi connectivity index (χ0v) is 52.2. The molecular formula is C72H130O6. The highest BCUT2D eigenvalue weighted by Crippen LogP contribution is 2.17. The van der Waals surface area contributed by atoms with Gasteiger partial charge >= 0.3 is 17.9 Å². The summed E-state index contributed by atoms with van der Waals surface area (Å²) >= 11 is 0. The van der Waals surface area contributed by atoms with Crippen LogP contribution in [0, 0.1) is 0 Å². The average molecular weight is 1090 g/mol. The van der Waals surface area contributed by atoms with Gasteiger partial charge in [0.05, 0.1) is 0 Å². The number of esters is 3. The van der Waals surface area contributed by atoms with Crippen molar-refractivity contribution < 1.29 is 28.6 Å². The highest BCUT2D eigenvalue weighted by Gasteiger charge is 2.19. The van der Waals surface area contributed by atoms with Gasteiger partial charge in [-0.15, -0.1) is 0 Å². The monoisotopic (exact) mass is 1090 g/mol. The molecule has 1 unspecified atom stereocenters. The van der Waals surface area contributed by atoms with E-state index in [1.807, 2.05) is 0 Å². The second kappa shape index (κ2) is 66.6. The van der Waals surface area contributed by atoms with Crippen molar-refractivity contribution in [1.82, 2.24) is 0 Å². The number of hydrogen-bond donors (Lipinski definition) is 0. The fraction of sp³-hybridized carbons (Fsp3) is 0.819. The third-order valence-corrected chi connectivity index (χ3v) is 15.2. The normalized spacial score (nSPS) is 12.4. The van der Waals surface area contributed by atoms with E-state index >= 15 is 0 Å². The van der Waals surface area contributed by atoms with Crippen LogP contribution < -0.4 is 0 Å². The zero-order valence-electron chi connectivity index (χ0n) is 52.2. The Morgan fingerprint density at radius 1 is 0.256 bits per heavy atom. The first-order valence-electron chi connectivity index (χ1n) is 34.3. The van der Waals surface area contributed by atoms with Crippen LogP contribution >= 0.6 is 0 Å². The number of carbonyl (C=O) groups is 3. The molecule has 0 aliphatic carbocycles. The summed E-state index contributed by atoms with van der Waals surface area (Å²) in [7, 11) is 0. The highest BCUT2D eigenvalue weighted by atomic mass is 16.6. The van der Waals surface area contributed by atoms with Gasteiger partial charge in [0.1, 0.15) is 13.2 Å². The Morgan fingerprint density at radius 2 is 0.462 bits per heavy atom.